The van der Waals surface area contributed by atoms with Crippen molar-refractivity contribution in [1.29, 1.82) is 5.41 Å². The highest BCUT2D eigenvalue weighted by Gasteiger charge is 2.21. The quantitative estimate of drug-likeness (QED) is 0.562. The third-order valence-electron chi connectivity index (χ3n) is 1.76. The van der Waals surface area contributed by atoms with Crippen LogP contribution in [0.1, 0.15) is 26.2 Å². The number of hydrogen-bond donors (Lipinski definition) is 2. The Balaban J connectivity index is 3.01. The van der Waals surface area contributed by atoms with Gasteiger partial charge in [0, 0.05) is 18.6 Å². The van der Waals surface area contributed by atoms with Gasteiger partial charge in [0.1, 0.15) is 5.76 Å². The number of allylic oxidation sites excluding steroid dienone is 2. The van der Waals surface area contributed by atoms with Crippen molar-refractivity contribution in [2.24, 2.45) is 0 Å². The molecule has 1 rings (SSSR count). The van der Waals surface area contributed by atoms with Crippen molar-refractivity contribution >= 4 is 11.5 Å². The predicted molar refractivity (Wildman–Crippen MR) is 41.9 cm³/mol. The summed E-state index contributed by atoms with van der Waals surface area (Å²) < 4.78 is 0. The number of ketones is 1. The SMILES string of the molecule is CC(=N)C1=C(O)CCCC1=O. The van der Waals surface area contributed by atoms with Crippen molar-refractivity contribution < 1.29 is 9.90 Å². The Morgan fingerprint density at radius 3 is 2.55 bits per heavy atom. The lowest BCUT2D eigenvalue weighted by Gasteiger charge is -2.13. The lowest BCUT2D eigenvalue weighted by molar-refractivity contribution is -0.115. The van der Waals surface area contributed by atoms with Gasteiger partial charge >= 0.3 is 0 Å². The first-order valence-corrected chi connectivity index (χ1v) is 3.63. The number of nitrogens with one attached hydrogen (secondary N) is 1. The fourth-order valence-electron chi connectivity index (χ4n) is 1.25. The molecule has 0 aromatic rings. The van der Waals surface area contributed by atoms with E-state index in [0.29, 0.717) is 19.3 Å². The van der Waals surface area contributed by atoms with Crippen molar-refractivity contribution in [1.82, 2.24) is 0 Å². The van der Waals surface area contributed by atoms with Crippen LogP contribution in [0.3, 0.4) is 0 Å². The van der Waals surface area contributed by atoms with E-state index < -0.39 is 0 Å². The van der Waals surface area contributed by atoms with Crippen LogP contribution in [-0.4, -0.2) is 16.6 Å². The van der Waals surface area contributed by atoms with E-state index in [4.69, 9.17) is 5.41 Å². The number of Topliss-reactive ketones (excluding diaryl/α,β-unsaturated/α-hetero) is 1. The topological polar surface area (TPSA) is 61.1 Å². The number of carbonyl (C=O) groups is 1. The summed E-state index contributed by atoms with van der Waals surface area (Å²) in [6.07, 6.45) is 1.72. The highest BCUT2D eigenvalue weighted by atomic mass is 16.3. The van der Waals surface area contributed by atoms with Crippen LogP contribution in [0.2, 0.25) is 0 Å². The van der Waals surface area contributed by atoms with Crippen molar-refractivity contribution in [2.75, 3.05) is 0 Å². The van der Waals surface area contributed by atoms with E-state index in [0.717, 1.165) is 0 Å². The molecule has 0 aliphatic heterocycles. The molecule has 0 unspecified atom stereocenters. The monoisotopic (exact) mass is 153 g/mol. The summed E-state index contributed by atoms with van der Waals surface area (Å²) in [7, 11) is 0. The molecule has 0 amide bonds. The first kappa shape index (κ1) is 7.98. The Labute approximate surface area is 65.2 Å². The van der Waals surface area contributed by atoms with Gasteiger partial charge in [-0.05, 0) is 13.3 Å². The average molecular weight is 153 g/mol. The van der Waals surface area contributed by atoms with Crippen LogP contribution in [0.4, 0.5) is 0 Å². The number of aliphatic hydroxyl groups excluding tert-OH is 1. The minimum atomic E-state index is -0.0961. The van der Waals surface area contributed by atoms with Crippen LogP contribution in [-0.2, 0) is 4.79 Å². The van der Waals surface area contributed by atoms with Gasteiger partial charge < -0.3 is 10.5 Å². The molecule has 3 heteroatoms. The molecule has 2 N–H and O–H groups in total. The second kappa shape index (κ2) is 2.86. The van der Waals surface area contributed by atoms with Gasteiger partial charge in [-0.15, -0.1) is 0 Å². The van der Waals surface area contributed by atoms with Gasteiger partial charge in [-0.25, -0.2) is 0 Å². The molecule has 0 saturated heterocycles. The van der Waals surface area contributed by atoms with Crippen molar-refractivity contribution in [3.05, 3.63) is 11.3 Å². The summed E-state index contributed by atoms with van der Waals surface area (Å²) in [5.41, 5.74) is 0.406. The Morgan fingerprint density at radius 1 is 1.55 bits per heavy atom. The summed E-state index contributed by atoms with van der Waals surface area (Å²) >= 11 is 0. The van der Waals surface area contributed by atoms with Gasteiger partial charge in [0.05, 0.1) is 5.57 Å². The fourth-order valence-corrected chi connectivity index (χ4v) is 1.25. The summed E-state index contributed by atoms with van der Waals surface area (Å²) in [5.74, 6) is -0.00463. The summed E-state index contributed by atoms with van der Waals surface area (Å²) in [6.45, 7) is 1.52. The first-order chi connectivity index (χ1) is 5.13. The minimum absolute atomic E-state index is 0.0914. The molecule has 0 atom stereocenters. The zero-order chi connectivity index (χ0) is 8.43. The Bertz CT molecular complexity index is 240. The van der Waals surface area contributed by atoms with Gasteiger partial charge in [-0.2, -0.15) is 0 Å². The molecule has 0 radical (unpaired) electrons. The second-order valence-electron chi connectivity index (χ2n) is 2.72. The van der Waals surface area contributed by atoms with E-state index in [1.165, 1.54) is 6.92 Å². The molecule has 0 saturated carbocycles. The van der Waals surface area contributed by atoms with Gasteiger partial charge in [0.2, 0.25) is 0 Å². The van der Waals surface area contributed by atoms with E-state index in [-0.39, 0.29) is 22.8 Å². The predicted octanol–water partition coefficient (Wildman–Crippen LogP) is 1.59. The van der Waals surface area contributed by atoms with Crippen LogP contribution in [0.5, 0.6) is 0 Å². The number of hydrogen-bond acceptors (Lipinski definition) is 3. The first-order valence-electron chi connectivity index (χ1n) is 3.63. The van der Waals surface area contributed by atoms with E-state index in [9.17, 15) is 9.90 Å². The highest BCUT2D eigenvalue weighted by molar-refractivity contribution is 6.21. The largest absolute Gasteiger partial charge is 0.511 e. The van der Waals surface area contributed by atoms with Crippen LogP contribution >= 0.6 is 0 Å². The molecule has 0 aromatic carbocycles. The van der Waals surface area contributed by atoms with Crippen LogP contribution in [0.25, 0.3) is 0 Å². The van der Waals surface area contributed by atoms with Gasteiger partial charge in [0.15, 0.2) is 5.78 Å². The van der Waals surface area contributed by atoms with Crippen LogP contribution < -0.4 is 0 Å². The molecule has 0 aromatic heterocycles. The van der Waals surface area contributed by atoms with Gasteiger partial charge in [-0.3, -0.25) is 4.79 Å². The van der Waals surface area contributed by atoms with Crippen LogP contribution in [0, 0.1) is 5.41 Å². The van der Waals surface area contributed by atoms with E-state index in [1.807, 2.05) is 0 Å². The highest BCUT2D eigenvalue weighted by Crippen LogP contribution is 2.20. The summed E-state index contributed by atoms with van der Waals surface area (Å²) in [5, 5.41) is 16.4. The van der Waals surface area contributed by atoms with Crippen molar-refractivity contribution in [3.8, 4) is 0 Å². The van der Waals surface area contributed by atoms with Crippen LogP contribution in [0.15, 0.2) is 11.3 Å². The average Bonchev–Trinajstić information content (AvgIpc) is 1.85. The molecule has 3 nitrogen and oxygen atoms in total. The molecular weight excluding hydrogens is 142 g/mol. The number of aliphatic hydroxyl groups is 1. The van der Waals surface area contributed by atoms with Crippen molar-refractivity contribution in [2.45, 2.75) is 26.2 Å². The molecule has 0 heterocycles. The normalized spacial score (nSPS) is 18.8. The summed E-state index contributed by atoms with van der Waals surface area (Å²) in [4.78, 5) is 11.1. The standard InChI is InChI=1S/C8H11NO2/c1-5(9)8-6(10)3-2-4-7(8)11/h9-10H,2-4H2,1H3. The van der Waals surface area contributed by atoms with Gasteiger partial charge in [-0.1, -0.05) is 0 Å². The molecule has 0 spiro atoms. The second-order valence-corrected chi connectivity index (χ2v) is 2.72. The maximum Gasteiger partial charge on any atom is 0.168 e. The fraction of sp³-hybridized carbons (Fsp3) is 0.500. The molecule has 11 heavy (non-hydrogen) atoms. The maximum absolute atomic E-state index is 11.1. The number of rotatable bonds is 1. The molecule has 0 bridgehead atoms. The van der Waals surface area contributed by atoms with Crippen molar-refractivity contribution in [3.63, 3.8) is 0 Å². The molecular formula is C8H11NO2. The molecule has 1 aliphatic carbocycles. The Kier molecular flexibility index (Phi) is 2.08. The smallest absolute Gasteiger partial charge is 0.168 e. The van der Waals surface area contributed by atoms with E-state index in [2.05, 4.69) is 0 Å². The lowest BCUT2D eigenvalue weighted by atomic mass is 9.94. The molecule has 1 aliphatic rings. The Hall–Kier alpha value is -1.12. The van der Waals surface area contributed by atoms with E-state index in [1.54, 1.807) is 0 Å². The Morgan fingerprint density at radius 2 is 2.18 bits per heavy atom. The summed E-state index contributed by atoms with van der Waals surface area (Å²) in [6, 6.07) is 0. The molecule has 60 valence electrons. The zero-order valence-electron chi connectivity index (χ0n) is 6.48. The molecule has 0 fully saturated rings. The van der Waals surface area contributed by atoms with Gasteiger partial charge in [0.25, 0.3) is 0 Å². The number of carbonyl (C=O) groups excluding carboxylic acids is 1. The minimum Gasteiger partial charge on any atom is -0.511 e. The lowest BCUT2D eigenvalue weighted by Crippen LogP contribution is -2.16. The third-order valence-corrected chi connectivity index (χ3v) is 1.76. The van der Waals surface area contributed by atoms with E-state index >= 15 is 0 Å². The maximum atomic E-state index is 11.1. The zero-order valence-corrected chi connectivity index (χ0v) is 6.48. The third kappa shape index (κ3) is 1.48.